The van der Waals surface area contributed by atoms with Crippen LogP contribution >= 0.6 is 11.3 Å². The maximum atomic E-state index is 4.01. The van der Waals surface area contributed by atoms with Crippen LogP contribution in [-0.4, -0.2) is 9.97 Å². The Balaban J connectivity index is 3.06. The SMILES string of the molecule is [c]1cc2[nH]cnc2s1. The number of fused-ring (bicyclic) bond motifs is 1. The Morgan fingerprint density at radius 3 is 3.62 bits per heavy atom. The normalized spacial score (nSPS) is 10.5. The van der Waals surface area contributed by atoms with Gasteiger partial charge in [0, 0.05) is 5.38 Å². The van der Waals surface area contributed by atoms with Gasteiger partial charge in [-0.15, -0.1) is 11.3 Å². The molecule has 0 amide bonds. The first-order valence-electron chi connectivity index (χ1n) is 2.26. The summed E-state index contributed by atoms with van der Waals surface area (Å²) in [4.78, 5) is 8.01. The second kappa shape index (κ2) is 1.32. The van der Waals surface area contributed by atoms with Gasteiger partial charge < -0.3 is 4.98 Å². The van der Waals surface area contributed by atoms with Gasteiger partial charge in [0.25, 0.3) is 0 Å². The van der Waals surface area contributed by atoms with E-state index in [4.69, 9.17) is 0 Å². The van der Waals surface area contributed by atoms with Gasteiger partial charge in [-0.25, -0.2) is 4.98 Å². The van der Waals surface area contributed by atoms with Gasteiger partial charge in [0.05, 0.1) is 11.8 Å². The van der Waals surface area contributed by atoms with Gasteiger partial charge in [0.1, 0.15) is 4.83 Å². The minimum absolute atomic E-state index is 1.03. The number of imidazole rings is 1. The van der Waals surface area contributed by atoms with E-state index in [1.165, 1.54) is 11.3 Å². The van der Waals surface area contributed by atoms with E-state index in [1.54, 1.807) is 6.33 Å². The van der Waals surface area contributed by atoms with Crippen LogP contribution in [-0.2, 0) is 0 Å². The second-order valence-electron chi connectivity index (χ2n) is 1.49. The van der Waals surface area contributed by atoms with E-state index in [0.717, 1.165) is 10.3 Å². The lowest BCUT2D eigenvalue weighted by Crippen LogP contribution is -1.50. The summed E-state index contributed by atoms with van der Waals surface area (Å²) < 4.78 is 0. The molecule has 0 aromatic carbocycles. The molecular weight excluding hydrogens is 120 g/mol. The summed E-state index contributed by atoms with van der Waals surface area (Å²) >= 11 is 1.53. The molecule has 0 atom stereocenters. The van der Waals surface area contributed by atoms with Crippen LogP contribution in [0.15, 0.2) is 12.4 Å². The molecule has 0 saturated heterocycles. The smallest absolute Gasteiger partial charge is 0.141 e. The fraction of sp³-hybridized carbons (Fsp3) is 0. The van der Waals surface area contributed by atoms with Crippen molar-refractivity contribution in [3.8, 4) is 0 Å². The summed E-state index contributed by atoms with van der Waals surface area (Å²) in [7, 11) is 0. The number of H-pyrrole nitrogens is 1. The molecule has 0 aliphatic heterocycles. The maximum absolute atomic E-state index is 4.01. The number of rotatable bonds is 0. The molecule has 0 saturated carbocycles. The van der Waals surface area contributed by atoms with Crippen molar-refractivity contribution in [1.82, 2.24) is 9.97 Å². The third kappa shape index (κ3) is 0.391. The molecule has 0 aliphatic carbocycles. The Hall–Kier alpha value is -0.830. The molecule has 2 rings (SSSR count). The van der Waals surface area contributed by atoms with Crippen molar-refractivity contribution >= 4 is 21.7 Å². The number of hydrogen-bond donors (Lipinski definition) is 1. The molecule has 0 bridgehead atoms. The molecule has 0 unspecified atom stereocenters. The molecule has 39 valence electrons. The van der Waals surface area contributed by atoms with Crippen LogP contribution in [0.4, 0.5) is 0 Å². The summed E-state index contributed by atoms with van der Waals surface area (Å²) in [5, 5.41) is 2.97. The van der Waals surface area contributed by atoms with Crippen LogP contribution in [0.1, 0.15) is 0 Å². The summed E-state index contributed by atoms with van der Waals surface area (Å²) in [5.74, 6) is 0. The molecule has 2 heterocycles. The minimum atomic E-state index is 1.03. The molecule has 0 fully saturated rings. The molecule has 0 aliphatic rings. The van der Waals surface area contributed by atoms with Gasteiger partial charge in [-0.05, 0) is 6.07 Å². The van der Waals surface area contributed by atoms with Crippen molar-refractivity contribution in [2.24, 2.45) is 0 Å². The average molecular weight is 123 g/mol. The van der Waals surface area contributed by atoms with Gasteiger partial charge in [-0.3, -0.25) is 0 Å². The summed E-state index contributed by atoms with van der Waals surface area (Å²) in [5.41, 5.74) is 1.08. The van der Waals surface area contributed by atoms with E-state index in [-0.39, 0.29) is 0 Å². The largest absolute Gasteiger partial charge is 0.344 e. The van der Waals surface area contributed by atoms with Crippen LogP contribution < -0.4 is 0 Å². The fourth-order valence-corrected chi connectivity index (χ4v) is 1.24. The Bertz CT molecular complexity index is 232. The zero-order chi connectivity index (χ0) is 5.40. The van der Waals surface area contributed by atoms with E-state index in [9.17, 15) is 0 Å². The molecule has 1 N–H and O–H groups in total. The van der Waals surface area contributed by atoms with Crippen LogP contribution in [0, 0.1) is 5.38 Å². The lowest BCUT2D eigenvalue weighted by Gasteiger charge is -1.63. The van der Waals surface area contributed by atoms with Crippen molar-refractivity contribution in [1.29, 1.82) is 0 Å². The van der Waals surface area contributed by atoms with Gasteiger partial charge in [0.15, 0.2) is 0 Å². The van der Waals surface area contributed by atoms with E-state index >= 15 is 0 Å². The average Bonchev–Trinajstić information content (AvgIpc) is 2.15. The van der Waals surface area contributed by atoms with E-state index < -0.39 is 0 Å². The highest BCUT2D eigenvalue weighted by Gasteiger charge is 1.92. The number of nitrogens with one attached hydrogen (secondary N) is 1. The Labute approximate surface area is 50.2 Å². The quantitative estimate of drug-likeness (QED) is 0.564. The molecular formula is C5H3N2S. The highest BCUT2D eigenvalue weighted by Crippen LogP contribution is 2.13. The number of aromatic amines is 1. The summed E-state index contributed by atoms with van der Waals surface area (Å²) in [6.45, 7) is 0. The van der Waals surface area contributed by atoms with Crippen molar-refractivity contribution in [3.05, 3.63) is 17.8 Å². The predicted octanol–water partition coefficient (Wildman–Crippen LogP) is 1.42. The maximum Gasteiger partial charge on any atom is 0.141 e. The highest BCUT2D eigenvalue weighted by molar-refractivity contribution is 7.16. The molecule has 8 heavy (non-hydrogen) atoms. The van der Waals surface area contributed by atoms with E-state index in [0.29, 0.717) is 0 Å². The predicted molar refractivity (Wildman–Crippen MR) is 32.8 cm³/mol. The van der Waals surface area contributed by atoms with Crippen molar-refractivity contribution < 1.29 is 0 Å². The van der Waals surface area contributed by atoms with Crippen molar-refractivity contribution in [3.63, 3.8) is 0 Å². The lowest BCUT2D eigenvalue weighted by atomic mass is 10.6. The zero-order valence-corrected chi connectivity index (χ0v) is 4.83. The first kappa shape index (κ1) is 4.09. The summed E-state index contributed by atoms with van der Waals surface area (Å²) in [6, 6.07) is 1.90. The Morgan fingerprint density at radius 1 is 1.75 bits per heavy atom. The zero-order valence-electron chi connectivity index (χ0n) is 4.01. The molecule has 1 radical (unpaired) electrons. The third-order valence-corrected chi connectivity index (χ3v) is 1.75. The van der Waals surface area contributed by atoms with Gasteiger partial charge in [-0.2, -0.15) is 0 Å². The fourth-order valence-electron chi connectivity index (χ4n) is 0.621. The van der Waals surface area contributed by atoms with E-state index in [2.05, 4.69) is 15.3 Å². The number of nitrogens with zero attached hydrogens (tertiary/aromatic N) is 1. The number of thiophene rings is 1. The molecule has 2 aromatic heterocycles. The molecule has 2 nitrogen and oxygen atoms in total. The number of hydrogen-bond acceptors (Lipinski definition) is 2. The minimum Gasteiger partial charge on any atom is -0.344 e. The highest BCUT2D eigenvalue weighted by atomic mass is 32.1. The molecule has 0 spiro atoms. The monoisotopic (exact) mass is 123 g/mol. The van der Waals surface area contributed by atoms with Gasteiger partial charge >= 0.3 is 0 Å². The molecule has 2 aromatic rings. The lowest BCUT2D eigenvalue weighted by molar-refractivity contribution is 1.35. The Kier molecular flexibility index (Phi) is 0.676. The first-order chi connectivity index (χ1) is 3.97. The van der Waals surface area contributed by atoms with E-state index in [1.807, 2.05) is 6.07 Å². The third-order valence-electron chi connectivity index (χ3n) is 0.991. The molecule has 3 heteroatoms. The van der Waals surface area contributed by atoms with Crippen LogP contribution in [0.2, 0.25) is 0 Å². The van der Waals surface area contributed by atoms with Crippen LogP contribution in [0.5, 0.6) is 0 Å². The Morgan fingerprint density at radius 2 is 2.75 bits per heavy atom. The van der Waals surface area contributed by atoms with Gasteiger partial charge in [-0.1, -0.05) is 0 Å². The topological polar surface area (TPSA) is 28.7 Å². The van der Waals surface area contributed by atoms with Crippen molar-refractivity contribution in [2.45, 2.75) is 0 Å². The van der Waals surface area contributed by atoms with Crippen molar-refractivity contribution in [2.75, 3.05) is 0 Å². The first-order valence-corrected chi connectivity index (χ1v) is 3.07. The second-order valence-corrected chi connectivity index (χ2v) is 2.31. The van der Waals surface area contributed by atoms with Crippen LogP contribution in [0.3, 0.4) is 0 Å². The van der Waals surface area contributed by atoms with Gasteiger partial charge in [0.2, 0.25) is 0 Å². The standard InChI is InChI=1S/C5H3N2S/c1-2-8-5-4(1)6-3-7-5/h1,3H,(H,6,7). The summed E-state index contributed by atoms with van der Waals surface area (Å²) in [6.07, 6.45) is 1.69. The van der Waals surface area contributed by atoms with Crippen LogP contribution in [0.25, 0.3) is 10.3 Å². The number of aromatic nitrogens is 2.